The Morgan fingerprint density at radius 3 is 2.53 bits per heavy atom. The second-order valence-corrected chi connectivity index (χ2v) is 10.2. The summed E-state index contributed by atoms with van der Waals surface area (Å²) in [6.07, 6.45) is 2.00. The van der Waals surface area contributed by atoms with Gasteiger partial charge in [-0.2, -0.15) is 0 Å². The molecule has 30 heavy (non-hydrogen) atoms. The third kappa shape index (κ3) is 4.90. The quantitative estimate of drug-likeness (QED) is 0.692. The van der Waals surface area contributed by atoms with Crippen molar-refractivity contribution in [2.45, 2.75) is 18.8 Å². The Morgan fingerprint density at radius 1 is 1.17 bits per heavy atom. The molecule has 0 unspecified atom stereocenters. The normalized spacial score (nSPS) is 17.3. The number of rotatable bonds is 4. The van der Waals surface area contributed by atoms with Crippen molar-refractivity contribution in [3.63, 3.8) is 0 Å². The molecule has 0 aliphatic carbocycles. The highest BCUT2D eigenvalue weighted by Crippen LogP contribution is 2.31. The van der Waals surface area contributed by atoms with E-state index in [4.69, 9.17) is 12.2 Å². The number of piperidine rings is 1. The van der Waals surface area contributed by atoms with E-state index in [1.807, 2.05) is 24.4 Å². The molecule has 3 heterocycles. The van der Waals surface area contributed by atoms with Gasteiger partial charge in [0, 0.05) is 62.2 Å². The number of likely N-dealkylation sites (tertiary alicyclic amines) is 1. The number of benzene rings is 1. The van der Waals surface area contributed by atoms with Crippen LogP contribution in [0.4, 0.5) is 11.4 Å². The minimum Gasteiger partial charge on any atom is -0.378 e. The van der Waals surface area contributed by atoms with Gasteiger partial charge in [0.25, 0.3) is 5.91 Å². The monoisotopic (exact) mass is 461 g/mol. The Hall–Kier alpha value is -1.84. The summed E-state index contributed by atoms with van der Waals surface area (Å²) in [4.78, 5) is 23.4. The molecule has 0 saturated carbocycles. The first-order valence-electron chi connectivity index (χ1n) is 10.2. The summed E-state index contributed by atoms with van der Waals surface area (Å²) in [5, 5.41) is 7.14. The predicted molar refractivity (Wildman–Crippen MR) is 131 cm³/mol. The van der Waals surface area contributed by atoms with Crippen molar-refractivity contribution >= 4 is 57.7 Å². The molecule has 2 saturated heterocycles. The molecule has 0 atom stereocenters. The lowest BCUT2D eigenvalue weighted by Crippen LogP contribution is -2.40. The first kappa shape index (κ1) is 21.4. The summed E-state index contributed by atoms with van der Waals surface area (Å²) in [6, 6.07) is 8.28. The summed E-state index contributed by atoms with van der Waals surface area (Å²) in [5.74, 6) is 2.29. The maximum atomic E-state index is 12.5. The van der Waals surface area contributed by atoms with Gasteiger partial charge < -0.3 is 20.0 Å². The average molecular weight is 462 g/mol. The summed E-state index contributed by atoms with van der Waals surface area (Å²) < 4.78 is 0. The van der Waals surface area contributed by atoms with Crippen molar-refractivity contribution in [3.8, 4) is 0 Å². The van der Waals surface area contributed by atoms with Gasteiger partial charge >= 0.3 is 0 Å². The number of hydrogen-bond donors (Lipinski definition) is 1. The van der Waals surface area contributed by atoms with E-state index in [-0.39, 0.29) is 5.91 Å². The van der Waals surface area contributed by atoms with Crippen molar-refractivity contribution in [1.82, 2.24) is 14.8 Å². The fraction of sp³-hybridized carbons (Fsp3) is 0.476. The van der Waals surface area contributed by atoms with Crippen LogP contribution in [0, 0.1) is 0 Å². The number of amides is 1. The zero-order valence-corrected chi connectivity index (χ0v) is 19.8. The number of nitrogens with zero attached hydrogens (tertiary/aromatic N) is 4. The average Bonchev–Trinajstić information content (AvgIpc) is 3.46. The lowest BCUT2D eigenvalue weighted by Gasteiger charge is -2.33. The fourth-order valence-corrected chi connectivity index (χ4v) is 5.90. The number of thiocarbonyl (C=S) groups is 1. The minimum atomic E-state index is 0.0746. The molecule has 6 nitrogen and oxygen atoms in total. The molecule has 0 radical (unpaired) electrons. The van der Waals surface area contributed by atoms with Crippen LogP contribution in [0.2, 0.25) is 0 Å². The second kappa shape index (κ2) is 9.53. The van der Waals surface area contributed by atoms with E-state index in [0.29, 0.717) is 11.6 Å². The molecule has 2 aromatic rings. The van der Waals surface area contributed by atoms with Crippen LogP contribution in [0.25, 0.3) is 0 Å². The van der Waals surface area contributed by atoms with Crippen molar-refractivity contribution in [2.24, 2.45) is 0 Å². The molecule has 1 N–H and O–H groups in total. The number of thioether (sulfide) groups is 1. The lowest BCUT2D eigenvalue weighted by molar-refractivity contribution is 0.0797. The van der Waals surface area contributed by atoms with Crippen molar-refractivity contribution in [2.75, 3.05) is 55.6 Å². The number of carbonyl (C=O) groups excluding carboxylic acids is 1. The molecule has 0 spiro atoms. The van der Waals surface area contributed by atoms with E-state index in [0.717, 1.165) is 65.6 Å². The molecular formula is C21H27N5OS3. The largest absolute Gasteiger partial charge is 0.378 e. The van der Waals surface area contributed by atoms with Crippen molar-refractivity contribution in [1.29, 1.82) is 0 Å². The summed E-state index contributed by atoms with van der Waals surface area (Å²) in [5.41, 5.74) is 2.78. The van der Waals surface area contributed by atoms with E-state index in [1.165, 1.54) is 0 Å². The molecule has 9 heteroatoms. The van der Waals surface area contributed by atoms with Crippen LogP contribution in [0.1, 0.15) is 34.3 Å². The van der Waals surface area contributed by atoms with Crippen LogP contribution in [0.15, 0.2) is 29.6 Å². The molecule has 1 amide bonds. The van der Waals surface area contributed by atoms with Gasteiger partial charge in [0.05, 0.1) is 10.9 Å². The summed E-state index contributed by atoms with van der Waals surface area (Å²) in [7, 11) is 4.06. The van der Waals surface area contributed by atoms with Crippen LogP contribution < -0.4 is 10.2 Å². The highest BCUT2D eigenvalue weighted by atomic mass is 32.2. The van der Waals surface area contributed by atoms with Gasteiger partial charge in [0.1, 0.15) is 5.69 Å². The highest BCUT2D eigenvalue weighted by molar-refractivity contribution is 7.99. The van der Waals surface area contributed by atoms with Crippen LogP contribution in [0.5, 0.6) is 0 Å². The Morgan fingerprint density at radius 2 is 1.90 bits per heavy atom. The van der Waals surface area contributed by atoms with E-state index in [1.54, 1.807) is 23.1 Å². The van der Waals surface area contributed by atoms with E-state index < -0.39 is 0 Å². The molecule has 0 bridgehead atoms. The minimum absolute atomic E-state index is 0.0746. The number of hydrogen-bond acceptors (Lipinski definition) is 6. The van der Waals surface area contributed by atoms with Gasteiger partial charge in [-0.15, -0.1) is 23.1 Å². The standard InChI is InChI=1S/C21H27N5OS3/c1-24(2)17-5-3-16(4-6-17)22-21(28)25-9-7-15(8-10-25)19-23-18(13-30-19)20(27)26-11-12-29-14-26/h3-6,13,15H,7-12,14H2,1-2H3,(H,22,28). The van der Waals surface area contributed by atoms with Crippen molar-refractivity contribution < 1.29 is 4.79 Å². The summed E-state index contributed by atoms with van der Waals surface area (Å²) >= 11 is 9.06. The molecule has 1 aromatic heterocycles. The number of nitrogens with one attached hydrogen (secondary N) is 1. The van der Waals surface area contributed by atoms with E-state index in [2.05, 4.69) is 44.4 Å². The first-order chi connectivity index (χ1) is 14.5. The maximum absolute atomic E-state index is 12.5. The molecule has 1 aromatic carbocycles. The van der Waals surface area contributed by atoms with E-state index in [9.17, 15) is 4.79 Å². The molecule has 160 valence electrons. The third-order valence-corrected chi connectivity index (χ3v) is 7.88. The predicted octanol–water partition coefficient (Wildman–Crippen LogP) is 3.93. The molecule has 2 fully saturated rings. The molecule has 2 aliphatic rings. The van der Waals surface area contributed by atoms with Gasteiger partial charge in [0.2, 0.25) is 0 Å². The van der Waals surface area contributed by atoms with E-state index >= 15 is 0 Å². The Bertz CT molecular complexity index is 884. The number of aromatic nitrogens is 1. The van der Waals surface area contributed by atoms with Gasteiger partial charge in [0.15, 0.2) is 5.11 Å². The SMILES string of the molecule is CN(C)c1ccc(NC(=S)N2CCC(c3nc(C(=O)N4CCSC4)cs3)CC2)cc1. The summed E-state index contributed by atoms with van der Waals surface area (Å²) in [6.45, 7) is 2.63. The zero-order valence-electron chi connectivity index (χ0n) is 17.3. The number of anilines is 2. The van der Waals surface area contributed by atoms with Gasteiger partial charge in [-0.25, -0.2) is 4.98 Å². The van der Waals surface area contributed by atoms with Gasteiger partial charge in [-0.1, -0.05) is 0 Å². The Labute approximate surface area is 191 Å². The lowest BCUT2D eigenvalue weighted by atomic mass is 9.98. The zero-order chi connectivity index (χ0) is 21.1. The number of thiazole rings is 1. The Kier molecular flexibility index (Phi) is 6.80. The third-order valence-electron chi connectivity index (χ3n) is 5.55. The Balaban J connectivity index is 1.29. The second-order valence-electron chi connectivity index (χ2n) is 7.81. The van der Waals surface area contributed by atoms with Gasteiger partial charge in [-0.05, 0) is 49.3 Å². The van der Waals surface area contributed by atoms with Crippen LogP contribution in [0.3, 0.4) is 0 Å². The topological polar surface area (TPSA) is 51.7 Å². The maximum Gasteiger partial charge on any atom is 0.274 e. The van der Waals surface area contributed by atoms with Crippen molar-refractivity contribution in [3.05, 3.63) is 40.3 Å². The smallest absolute Gasteiger partial charge is 0.274 e. The van der Waals surface area contributed by atoms with Crippen LogP contribution >= 0.6 is 35.3 Å². The highest BCUT2D eigenvalue weighted by Gasteiger charge is 2.27. The van der Waals surface area contributed by atoms with Crippen LogP contribution in [-0.2, 0) is 0 Å². The molecular weight excluding hydrogens is 434 g/mol. The fourth-order valence-electron chi connectivity index (χ4n) is 3.68. The first-order valence-corrected chi connectivity index (χ1v) is 12.6. The molecule has 2 aliphatic heterocycles. The number of carbonyl (C=O) groups is 1. The van der Waals surface area contributed by atoms with Crippen LogP contribution in [-0.4, -0.2) is 71.2 Å². The van der Waals surface area contributed by atoms with Gasteiger partial charge in [-0.3, -0.25) is 4.79 Å². The molecule has 4 rings (SSSR count).